The summed E-state index contributed by atoms with van der Waals surface area (Å²) in [6.07, 6.45) is 11.8. The third kappa shape index (κ3) is 4.10. The molecule has 0 aromatic carbocycles. The maximum atomic E-state index is 9.40. The van der Waals surface area contributed by atoms with Crippen LogP contribution in [0.5, 0.6) is 0 Å². The van der Waals surface area contributed by atoms with Crippen LogP contribution in [-0.4, -0.2) is 10.1 Å². The Balaban J connectivity index is 2.07. The number of nitrogens with zero attached hydrogens (tertiary/aromatic N) is 1. The van der Waals surface area contributed by atoms with Crippen LogP contribution < -0.4 is 5.32 Å². The fraction of sp³-hybridized carbons (Fsp3) is 0.133. The molecule has 3 nitrogen and oxygen atoms in total. The summed E-state index contributed by atoms with van der Waals surface area (Å²) in [7, 11) is 0. The van der Waals surface area contributed by atoms with E-state index in [4.69, 9.17) is 0 Å². The Hall–Kier alpha value is -1.81. The molecule has 0 aliphatic heterocycles. The maximum Gasteiger partial charge on any atom is 0.129 e. The topological polar surface area (TPSA) is 45.2 Å². The van der Waals surface area contributed by atoms with Crippen molar-refractivity contribution < 1.29 is 5.11 Å². The molecule has 2 N–H and O–H groups in total. The number of nitrogens with one attached hydrogen (secondary N) is 1. The minimum atomic E-state index is 0.283. The number of allylic oxidation sites excluding steroid dienone is 6. The molecule has 1 aromatic heterocycles. The summed E-state index contributed by atoms with van der Waals surface area (Å²) >= 11 is 3.35. The smallest absolute Gasteiger partial charge is 0.129 e. The Morgan fingerprint density at radius 3 is 3.00 bits per heavy atom. The van der Waals surface area contributed by atoms with Gasteiger partial charge in [0.2, 0.25) is 0 Å². The summed E-state index contributed by atoms with van der Waals surface area (Å²) in [6, 6.07) is 3.84. The number of anilines is 1. The van der Waals surface area contributed by atoms with Gasteiger partial charge in [-0.2, -0.15) is 0 Å². The predicted molar refractivity (Wildman–Crippen MR) is 81.9 cm³/mol. The number of hydrogen-bond donors (Lipinski definition) is 2. The summed E-state index contributed by atoms with van der Waals surface area (Å²) in [5, 5.41) is 12.6. The van der Waals surface area contributed by atoms with Gasteiger partial charge in [0.1, 0.15) is 11.6 Å². The van der Waals surface area contributed by atoms with Gasteiger partial charge in [0, 0.05) is 16.9 Å². The number of rotatable bonds is 3. The molecule has 0 atom stereocenters. The fourth-order valence-corrected chi connectivity index (χ4v) is 1.88. The number of aliphatic hydroxyl groups is 1. The SMILES string of the molecule is C/C(=C\Nc1ccc(Br)cn1)C1=CC=C(O)C=CC1. The molecule has 1 aliphatic rings. The first-order valence-corrected chi connectivity index (χ1v) is 6.76. The van der Waals surface area contributed by atoms with Crippen LogP contribution in [0.2, 0.25) is 0 Å². The first-order chi connectivity index (χ1) is 9.15. The molecule has 2 rings (SSSR count). The second-order valence-electron chi connectivity index (χ2n) is 4.22. The van der Waals surface area contributed by atoms with E-state index in [2.05, 4.69) is 26.2 Å². The molecular formula is C15H15BrN2O. The monoisotopic (exact) mass is 318 g/mol. The third-order valence-corrected chi connectivity index (χ3v) is 3.22. The van der Waals surface area contributed by atoms with E-state index in [1.54, 1.807) is 18.3 Å². The molecule has 1 heterocycles. The quantitative estimate of drug-likeness (QED) is 0.863. The summed E-state index contributed by atoms with van der Waals surface area (Å²) < 4.78 is 0.955. The molecular weight excluding hydrogens is 304 g/mol. The molecule has 0 spiro atoms. The molecule has 1 aliphatic carbocycles. The average Bonchev–Trinajstić information content (AvgIpc) is 2.63. The molecule has 19 heavy (non-hydrogen) atoms. The summed E-state index contributed by atoms with van der Waals surface area (Å²) in [5.74, 6) is 1.08. The average molecular weight is 319 g/mol. The van der Waals surface area contributed by atoms with Gasteiger partial charge in [0.05, 0.1) is 0 Å². The van der Waals surface area contributed by atoms with Gasteiger partial charge >= 0.3 is 0 Å². The molecule has 98 valence electrons. The number of aliphatic hydroxyl groups excluding tert-OH is 1. The summed E-state index contributed by atoms with van der Waals surface area (Å²) in [6.45, 7) is 2.03. The Morgan fingerprint density at radius 1 is 1.42 bits per heavy atom. The van der Waals surface area contributed by atoms with Gasteiger partial charge in [-0.05, 0) is 64.7 Å². The molecule has 0 radical (unpaired) electrons. The highest BCUT2D eigenvalue weighted by molar-refractivity contribution is 9.10. The van der Waals surface area contributed by atoms with Crippen LogP contribution >= 0.6 is 15.9 Å². The number of aromatic nitrogens is 1. The zero-order valence-corrected chi connectivity index (χ0v) is 12.2. The first-order valence-electron chi connectivity index (χ1n) is 5.97. The highest BCUT2D eigenvalue weighted by atomic mass is 79.9. The second kappa shape index (κ2) is 6.38. The minimum absolute atomic E-state index is 0.283. The Labute approximate surface area is 121 Å². The highest BCUT2D eigenvalue weighted by Crippen LogP contribution is 2.18. The van der Waals surface area contributed by atoms with E-state index in [1.165, 1.54) is 0 Å². The molecule has 0 saturated heterocycles. The van der Waals surface area contributed by atoms with Crippen molar-refractivity contribution in [2.45, 2.75) is 13.3 Å². The van der Waals surface area contributed by atoms with Crippen LogP contribution in [0.4, 0.5) is 5.82 Å². The maximum absolute atomic E-state index is 9.40. The van der Waals surface area contributed by atoms with Crippen LogP contribution in [0.25, 0.3) is 0 Å². The van der Waals surface area contributed by atoms with Crippen molar-refractivity contribution in [1.29, 1.82) is 0 Å². The lowest BCUT2D eigenvalue weighted by molar-refractivity contribution is 0.432. The van der Waals surface area contributed by atoms with Crippen LogP contribution in [-0.2, 0) is 0 Å². The lowest BCUT2D eigenvalue weighted by atomic mass is 10.1. The predicted octanol–water partition coefficient (Wildman–Crippen LogP) is 4.49. The van der Waals surface area contributed by atoms with Crippen molar-refractivity contribution in [3.8, 4) is 0 Å². The lowest BCUT2D eigenvalue weighted by Gasteiger charge is -2.06. The van der Waals surface area contributed by atoms with Crippen LogP contribution in [0, 0.1) is 0 Å². The Morgan fingerprint density at radius 2 is 2.26 bits per heavy atom. The van der Waals surface area contributed by atoms with Crippen molar-refractivity contribution in [1.82, 2.24) is 4.98 Å². The van der Waals surface area contributed by atoms with Crippen molar-refractivity contribution in [2.24, 2.45) is 0 Å². The van der Waals surface area contributed by atoms with Crippen molar-refractivity contribution in [3.63, 3.8) is 0 Å². The van der Waals surface area contributed by atoms with Gasteiger partial charge in [-0.25, -0.2) is 4.98 Å². The molecule has 0 bridgehead atoms. The summed E-state index contributed by atoms with van der Waals surface area (Å²) in [5.41, 5.74) is 2.27. The van der Waals surface area contributed by atoms with Crippen molar-refractivity contribution >= 4 is 21.7 Å². The van der Waals surface area contributed by atoms with Gasteiger partial charge in [-0.15, -0.1) is 0 Å². The first kappa shape index (κ1) is 13.6. The molecule has 1 aromatic rings. The normalized spacial score (nSPS) is 15.6. The molecule has 0 fully saturated rings. The molecule has 0 unspecified atom stereocenters. The van der Waals surface area contributed by atoms with Gasteiger partial charge in [0.25, 0.3) is 0 Å². The summed E-state index contributed by atoms with van der Waals surface area (Å²) in [4.78, 5) is 4.24. The Bertz CT molecular complexity index is 568. The van der Waals surface area contributed by atoms with E-state index in [0.29, 0.717) is 0 Å². The highest BCUT2D eigenvalue weighted by Gasteiger charge is 2.01. The number of hydrogen-bond acceptors (Lipinski definition) is 3. The van der Waals surface area contributed by atoms with E-state index in [1.807, 2.05) is 37.4 Å². The van der Waals surface area contributed by atoms with E-state index in [0.717, 1.165) is 27.9 Å². The van der Waals surface area contributed by atoms with Gasteiger partial charge in [-0.3, -0.25) is 0 Å². The van der Waals surface area contributed by atoms with E-state index >= 15 is 0 Å². The van der Waals surface area contributed by atoms with E-state index < -0.39 is 0 Å². The molecule has 4 heteroatoms. The Kier molecular flexibility index (Phi) is 4.58. The number of pyridine rings is 1. The fourth-order valence-electron chi connectivity index (χ4n) is 1.64. The van der Waals surface area contributed by atoms with Crippen molar-refractivity contribution in [2.75, 3.05) is 5.32 Å². The van der Waals surface area contributed by atoms with Crippen LogP contribution in [0.15, 0.2) is 70.2 Å². The van der Waals surface area contributed by atoms with Crippen molar-refractivity contribution in [3.05, 3.63) is 70.2 Å². The minimum Gasteiger partial charge on any atom is -0.508 e. The van der Waals surface area contributed by atoms with E-state index in [9.17, 15) is 5.11 Å². The molecule has 0 saturated carbocycles. The lowest BCUT2D eigenvalue weighted by Crippen LogP contribution is -1.94. The third-order valence-electron chi connectivity index (χ3n) is 2.75. The molecule has 0 amide bonds. The zero-order valence-electron chi connectivity index (χ0n) is 10.6. The zero-order chi connectivity index (χ0) is 13.7. The van der Waals surface area contributed by atoms with Gasteiger partial charge < -0.3 is 10.4 Å². The van der Waals surface area contributed by atoms with Crippen LogP contribution in [0.1, 0.15) is 13.3 Å². The number of halogens is 1. The van der Waals surface area contributed by atoms with E-state index in [-0.39, 0.29) is 5.76 Å². The van der Waals surface area contributed by atoms with Crippen LogP contribution in [0.3, 0.4) is 0 Å². The largest absolute Gasteiger partial charge is 0.508 e. The second-order valence-corrected chi connectivity index (χ2v) is 5.14. The van der Waals surface area contributed by atoms with Gasteiger partial charge in [-0.1, -0.05) is 12.2 Å². The van der Waals surface area contributed by atoms with Gasteiger partial charge in [0.15, 0.2) is 0 Å². The standard InChI is InChI=1S/C15H15BrN2O/c1-11(12-3-2-4-14(19)7-5-12)9-17-15-8-6-13(16)10-18-15/h2,4-10,19H,3H2,1H3,(H,17,18)/b11-9+.